The summed E-state index contributed by atoms with van der Waals surface area (Å²) in [6.45, 7) is 7.08. The first-order valence-corrected chi connectivity index (χ1v) is 17.4. The average molecular weight is 718 g/mol. The van der Waals surface area contributed by atoms with Crippen LogP contribution in [0.1, 0.15) is 104 Å². The number of carboxylic acid groups (broad SMARTS) is 2. The van der Waals surface area contributed by atoms with Crippen LogP contribution in [0.15, 0.2) is 72.8 Å². The van der Waals surface area contributed by atoms with Crippen LogP contribution >= 0.6 is 11.3 Å². The van der Waals surface area contributed by atoms with Gasteiger partial charge < -0.3 is 25.6 Å². The molecule has 0 fully saturated rings. The Morgan fingerprint density at radius 1 is 0.843 bits per heavy atom. The van der Waals surface area contributed by atoms with Gasteiger partial charge in [-0.05, 0) is 105 Å². The summed E-state index contributed by atoms with van der Waals surface area (Å²) in [5.41, 5.74) is 5.35. The van der Waals surface area contributed by atoms with Crippen LogP contribution in [0.2, 0.25) is 0 Å². The molecule has 1 aromatic heterocycles. The number of benzene rings is 3. The molecule has 3 aromatic carbocycles. The number of rotatable bonds is 13. The number of fused-ring (bicyclic) bond motifs is 1. The average Bonchev–Trinajstić information content (AvgIpc) is 3.46. The molecule has 1 aliphatic rings. The first kappa shape index (κ1) is 41.2. The topological polar surface area (TPSA) is 150 Å². The first-order chi connectivity index (χ1) is 23.9. The van der Waals surface area contributed by atoms with Crippen molar-refractivity contribution in [1.29, 1.82) is 0 Å². The van der Waals surface area contributed by atoms with Crippen molar-refractivity contribution < 1.29 is 63.7 Å². The molecule has 9 nitrogen and oxygen atoms in total. The predicted octanol–water partition coefficient (Wildman–Crippen LogP) is 5.18. The molecule has 51 heavy (non-hydrogen) atoms. The van der Waals surface area contributed by atoms with Crippen molar-refractivity contribution in [1.82, 2.24) is 0 Å². The minimum Gasteiger partial charge on any atom is -0.542 e. The number of aliphatic carboxylic acids is 1. The van der Waals surface area contributed by atoms with Crippen LogP contribution in [0, 0.1) is 12.3 Å². The van der Waals surface area contributed by atoms with E-state index >= 15 is 0 Å². The number of thiophene rings is 1. The van der Waals surface area contributed by atoms with E-state index < -0.39 is 17.4 Å². The van der Waals surface area contributed by atoms with Gasteiger partial charge in [0.15, 0.2) is 0 Å². The fraction of sp³-hybridized carbons (Fsp3) is 0.300. The standard InChI is InChI=1S/C33H31N2O4S.C7H11O3.Na/c1-21-6-4-9-25(20-21)30(36)35-32-29(27-10-2-3-11-28(27)40-32)31(37)34-26-18-14-23(15-19-26)8-5-7-22-12-16-24(17-13-22)33(38)39;1-7(2,6(9)10)4-3-5-8;/h4,6,9,12-20H,1-3,5,7-8,10-11H2,(H,34,37)(H,35,36)(H,38,39);3-4H2,1-2H3,(H,9,10);/q2*-1;+1. The summed E-state index contributed by atoms with van der Waals surface area (Å²) in [4.78, 5) is 58.8. The van der Waals surface area contributed by atoms with Crippen LogP contribution in [0.25, 0.3) is 0 Å². The largest absolute Gasteiger partial charge is 1.00 e. The van der Waals surface area contributed by atoms with Gasteiger partial charge in [0, 0.05) is 10.6 Å². The molecule has 262 valence electrons. The monoisotopic (exact) mass is 717 g/mol. The molecular formula is C40H42N2NaO7S-. The van der Waals surface area contributed by atoms with E-state index in [0.717, 1.165) is 67.2 Å². The second kappa shape index (κ2) is 19.4. The van der Waals surface area contributed by atoms with Crippen molar-refractivity contribution in [2.75, 3.05) is 10.6 Å². The molecule has 0 spiro atoms. The van der Waals surface area contributed by atoms with Gasteiger partial charge in [-0.2, -0.15) is 31.0 Å². The third-order valence-electron chi connectivity index (χ3n) is 8.59. The zero-order valence-electron chi connectivity index (χ0n) is 29.3. The summed E-state index contributed by atoms with van der Waals surface area (Å²) in [7, 11) is 0. The van der Waals surface area contributed by atoms with Gasteiger partial charge in [-0.3, -0.25) is 20.7 Å². The van der Waals surface area contributed by atoms with Crippen LogP contribution in [0.4, 0.5) is 10.7 Å². The van der Waals surface area contributed by atoms with Gasteiger partial charge in [-0.25, -0.2) is 4.79 Å². The number of aryl methyl sites for hydroxylation is 3. The van der Waals surface area contributed by atoms with Gasteiger partial charge in [-0.1, -0.05) is 36.8 Å². The molecule has 1 aliphatic carbocycles. The van der Waals surface area contributed by atoms with Crippen molar-refractivity contribution in [3.63, 3.8) is 0 Å². The van der Waals surface area contributed by atoms with Gasteiger partial charge in [0.1, 0.15) is 5.00 Å². The molecule has 2 amide bonds. The molecule has 4 aromatic rings. The summed E-state index contributed by atoms with van der Waals surface area (Å²) in [5.74, 6) is -2.25. The predicted molar refractivity (Wildman–Crippen MR) is 196 cm³/mol. The van der Waals surface area contributed by atoms with Crippen LogP contribution in [0.5, 0.6) is 0 Å². The molecule has 0 radical (unpaired) electrons. The SMILES string of the molecule is CC(C)(CC[C-]=O)C(=O)O.[CH2-]c1cccc(C(=O)Nc2sc3c(c2C(=O)Nc2ccc(CCCc4ccc(C(=O)O)cc4)cc2)CCCC3)c1.[Na+]. The van der Waals surface area contributed by atoms with Crippen LogP contribution in [-0.2, 0) is 35.3 Å². The quantitative estimate of drug-likeness (QED) is 0.110. The Kier molecular flexibility index (Phi) is 15.7. The van der Waals surface area contributed by atoms with E-state index in [2.05, 4.69) is 17.6 Å². The van der Waals surface area contributed by atoms with E-state index in [4.69, 9.17) is 10.2 Å². The fourth-order valence-corrected chi connectivity index (χ4v) is 6.79. The Morgan fingerprint density at radius 2 is 1.47 bits per heavy atom. The Morgan fingerprint density at radius 3 is 2.06 bits per heavy atom. The van der Waals surface area contributed by atoms with E-state index in [-0.39, 0.29) is 47.8 Å². The number of carboxylic acids is 2. The van der Waals surface area contributed by atoms with E-state index in [9.17, 15) is 24.0 Å². The van der Waals surface area contributed by atoms with Crippen LogP contribution < -0.4 is 40.2 Å². The number of hydrogen-bond acceptors (Lipinski definition) is 6. The van der Waals surface area contributed by atoms with E-state index in [1.807, 2.05) is 42.5 Å². The summed E-state index contributed by atoms with van der Waals surface area (Å²) in [6.07, 6.45) is 8.73. The number of carbonyl (C=O) groups is 4. The Hall–Kier alpha value is -4.22. The number of carbonyl (C=O) groups excluding carboxylic acids is 3. The molecule has 0 saturated heterocycles. The van der Waals surface area contributed by atoms with Crippen molar-refractivity contribution in [3.05, 3.63) is 124 Å². The number of aromatic carboxylic acids is 1. The minimum atomic E-state index is -0.918. The summed E-state index contributed by atoms with van der Waals surface area (Å²) in [5, 5.41) is 24.2. The third-order valence-corrected chi connectivity index (χ3v) is 9.80. The molecule has 0 unspecified atom stereocenters. The summed E-state index contributed by atoms with van der Waals surface area (Å²) >= 11 is 1.50. The summed E-state index contributed by atoms with van der Waals surface area (Å²) in [6, 6.07) is 22.0. The molecule has 0 aliphatic heterocycles. The first-order valence-electron chi connectivity index (χ1n) is 16.6. The summed E-state index contributed by atoms with van der Waals surface area (Å²) < 4.78 is 0. The van der Waals surface area contributed by atoms with Gasteiger partial charge in [0.2, 0.25) is 5.91 Å². The van der Waals surface area contributed by atoms with E-state index in [1.54, 1.807) is 50.5 Å². The number of amides is 2. The van der Waals surface area contributed by atoms with Crippen molar-refractivity contribution >= 4 is 52.1 Å². The minimum absolute atomic E-state index is 0. The number of nitrogens with one attached hydrogen (secondary N) is 2. The second-order valence-corrected chi connectivity index (χ2v) is 14.0. The Bertz CT molecular complexity index is 1830. The smallest absolute Gasteiger partial charge is 0.542 e. The molecular weight excluding hydrogens is 676 g/mol. The molecule has 0 atom stereocenters. The van der Waals surface area contributed by atoms with Crippen molar-refractivity contribution in [3.8, 4) is 0 Å². The number of anilines is 2. The number of hydrogen-bond donors (Lipinski definition) is 4. The zero-order chi connectivity index (χ0) is 36.3. The maximum Gasteiger partial charge on any atom is 1.00 e. The molecule has 5 rings (SSSR count). The maximum absolute atomic E-state index is 13.5. The Balaban J connectivity index is 0.000000559. The third kappa shape index (κ3) is 11.9. The molecule has 4 N–H and O–H groups in total. The second-order valence-electron chi connectivity index (χ2n) is 12.9. The van der Waals surface area contributed by atoms with Crippen LogP contribution in [-0.4, -0.2) is 40.3 Å². The van der Waals surface area contributed by atoms with Gasteiger partial charge in [0.25, 0.3) is 5.91 Å². The van der Waals surface area contributed by atoms with Gasteiger partial charge in [-0.15, -0.1) is 17.4 Å². The molecule has 0 saturated carbocycles. The molecule has 1 heterocycles. The normalized spacial score (nSPS) is 11.9. The fourth-order valence-electron chi connectivity index (χ4n) is 5.51. The Labute approximate surface area is 325 Å². The van der Waals surface area contributed by atoms with Crippen LogP contribution in [0.3, 0.4) is 0 Å². The maximum atomic E-state index is 13.5. The van der Waals surface area contributed by atoms with E-state index in [1.165, 1.54) is 16.2 Å². The van der Waals surface area contributed by atoms with Crippen molar-refractivity contribution in [2.45, 2.75) is 71.6 Å². The van der Waals surface area contributed by atoms with Gasteiger partial charge >= 0.3 is 41.5 Å². The van der Waals surface area contributed by atoms with E-state index in [0.29, 0.717) is 33.8 Å². The van der Waals surface area contributed by atoms with Gasteiger partial charge in [0.05, 0.1) is 16.5 Å². The zero-order valence-corrected chi connectivity index (χ0v) is 32.2. The molecule has 0 bridgehead atoms. The van der Waals surface area contributed by atoms with Crippen molar-refractivity contribution in [2.24, 2.45) is 5.41 Å². The molecule has 11 heteroatoms.